The average Bonchev–Trinajstić information content (AvgIpc) is 3.43. The first-order valence-electron chi connectivity index (χ1n) is 9.52. The zero-order valence-corrected chi connectivity index (χ0v) is 15.9. The summed E-state index contributed by atoms with van der Waals surface area (Å²) in [5, 5.41) is 5.23. The van der Waals surface area contributed by atoms with Crippen molar-refractivity contribution in [3.05, 3.63) is 77.3 Å². The van der Waals surface area contributed by atoms with E-state index in [2.05, 4.69) is 15.1 Å². The van der Waals surface area contributed by atoms with Crippen LogP contribution in [0.1, 0.15) is 35.2 Å². The first-order chi connectivity index (χ1) is 14.1. The monoisotopic (exact) mass is 390 g/mol. The Bertz CT molecular complexity index is 1210. The Morgan fingerprint density at radius 2 is 2.14 bits per heavy atom. The van der Waals surface area contributed by atoms with Gasteiger partial charge < -0.3 is 14.4 Å². The number of amides is 1. The van der Waals surface area contributed by atoms with Crippen LogP contribution < -0.4 is 4.90 Å². The second kappa shape index (κ2) is 6.84. The molecule has 5 rings (SSSR count). The minimum Gasteiger partial charge on any atom is -0.361 e. The number of carbonyl (C=O) groups excluding carboxylic acids is 1. The molecule has 1 fully saturated rings. The van der Waals surface area contributed by atoms with Crippen molar-refractivity contribution in [2.24, 2.45) is 0 Å². The summed E-state index contributed by atoms with van der Waals surface area (Å²) in [4.78, 5) is 21.9. The Kier molecular flexibility index (Phi) is 4.16. The van der Waals surface area contributed by atoms with Gasteiger partial charge in [-0.3, -0.25) is 4.79 Å². The zero-order chi connectivity index (χ0) is 20.0. The van der Waals surface area contributed by atoms with E-state index in [1.165, 1.54) is 12.1 Å². The fourth-order valence-electron chi connectivity index (χ4n) is 3.93. The Labute approximate surface area is 166 Å². The number of aromatic nitrogens is 3. The lowest BCUT2D eigenvalue weighted by molar-refractivity contribution is -0.117. The summed E-state index contributed by atoms with van der Waals surface area (Å²) in [5.74, 6) is 0.432. The van der Waals surface area contributed by atoms with Crippen molar-refractivity contribution in [1.82, 2.24) is 15.1 Å². The fourth-order valence-corrected chi connectivity index (χ4v) is 3.93. The fraction of sp³-hybridized carbons (Fsp3) is 0.227. The Balaban J connectivity index is 1.36. The van der Waals surface area contributed by atoms with E-state index in [1.807, 2.05) is 37.4 Å². The molecule has 1 atom stereocenters. The van der Waals surface area contributed by atoms with Crippen LogP contribution in [0.4, 0.5) is 10.1 Å². The highest BCUT2D eigenvalue weighted by Crippen LogP contribution is 2.33. The normalized spacial score (nSPS) is 16.8. The third-order valence-corrected chi connectivity index (χ3v) is 5.45. The van der Waals surface area contributed by atoms with Crippen LogP contribution in [-0.2, 0) is 11.2 Å². The summed E-state index contributed by atoms with van der Waals surface area (Å²) >= 11 is 0. The van der Waals surface area contributed by atoms with Gasteiger partial charge in [-0.2, -0.15) is 4.98 Å². The highest BCUT2D eigenvalue weighted by Gasteiger charge is 2.35. The summed E-state index contributed by atoms with van der Waals surface area (Å²) < 4.78 is 19.1. The van der Waals surface area contributed by atoms with E-state index in [0.717, 1.165) is 22.0 Å². The molecule has 0 spiro atoms. The van der Waals surface area contributed by atoms with Gasteiger partial charge in [-0.05, 0) is 36.2 Å². The van der Waals surface area contributed by atoms with Crippen molar-refractivity contribution in [2.75, 3.05) is 11.4 Å². The molecule has 29 heavy (non-hydrogen) atoms. The molecule has 1 N–H and O–H groups in total. The lowest BCUT2D eigenvalue weighted by Crippen LogP contribution is -2.25. The number of nitrogens with zero attached hydrogens (tertiary/aromatic N) is 3. The third-order valence-electron chi connectivity index (χ3n) is 5.45. The van der Waals surface area contributed by atoms with Gasteiger partial charge in [0.05, 0.1) is 6.42 Å². The molecular weight excluding hydrogens is 371 g/mol. The summed E-state index contributed by atoms with van der Waals surface area (Å²) in [5.41, 5.74) is 3.59. The molecule has 6 nitrogen and oxygen atoms in total. The van der Waals surface area contributed by atoms with Gasteiger partial charge >= 0.3 is 0 Å². The molecule has 1 amide bonds. The Morgan fingerprint density at radius 1 is 1.28 bits per heavy atom. The number of aromatic amines is 1. The molecule has 7 heteroatoms. The molecule has 1 unspecified atom stereocenters. The molecule has 0 saturated carbocycles. The van der Waals surface area contributed by atoms with E-state index in [-0.39, 0.29) is 24.1 Å². The number of para-hydroxylation sites is 1. The third kappa shape index (κ3) is 3.18. The van der Waals surface area contributed by atoms with Gasteiger partial charge in [-0.1, -0.05) is 29.4 Å². The maximum atomic E-state index is 13.7. The van der Waals surface area contributed by atoms with Crippen molar-refractivity contribution in [3.63, 3.8) is 0 Å². The van der Waals surface area contributed by atoms with Gasteiger partial charge in [0.25, 0.3) is 0 Å². The van der Waals surface area contributed by atoms with Crippen LogP contribution in [0.5, 0.6) is 0 Å². The largest absolute Gasteiger partial charge is 0.361 e. The molecule has 0 bridgehead atoms. The van der Waals surface area contributed by atoms with Crippen LogP contribution in [0.2, 0.25) is 0 Å². The minimum absolute atomic E-state index is 0.0633. The standard InChI is InChI=1S/C22H19FN4O2/c1-13-6-7-16(23)10-19(13)27-12-15(9-21(27)28)22-25-20(29-26-22)8-14-11-24-18-5-3-2-4-17(14)18/h2-7,10-11,15,24H,8-9,12H2,1H3. The number of H-pyrrole nitrogens is 1. The van der Waals surface area contributed by atoms with E-state index < -0.39 is 0 Å². The summed E-state index contributed by atoms with van der Waals surface area (Å²) in [6.45, 7) is 2.28. The van der Waals surface area contributed by atoms with Gasteiger partial charge in [-0.15, -0.1) is 0 Å². The number of hydrogen-bond donors (Lipinski definition) is 1. The maximum absolute atomic E-state index is 13.7. The first kappa shape index (κ1) is 17.6. The van der Waals surface area contributed by atoms with Gasteiger partial charge in [-0.25, -0.2) is 4.39 Å². The summed E-state index contributed by atoms with van der Waals surface area (Å²) in [7, 11) is 0. The number of anilines is 1. The lowest BCUT2D eigenvalue weighted by Gasteiger charge is -2.18. The second-order valence-electron chi connectivity index (χ2n) is 7.42. The Hall–Kier alpha value is -3.48. The molecule has 1 aliphatic heterocycles. The van der Waals surface area contributed by atoms with E-state index in [1.54, 1.807) is 11.0 Å². The molecule has 1 aliphatic rings. The maximum Gasteiger partial charge on any atom is 0.231 e. The number of hydrogen-bond acceptors (Lipinski definition) is 4. The number of halogens is 1. The molecule has 4 aromatic rings. The van der Waals surface area contributed by atoms with E-state index in [9.17, 15) is 9.18 Å². The minimum atomic E-state index is -0.359. The van der Waals surface area contributed by atoms with Crippen molar-refractivity contribution < 1.29 is 13.7 Å². The van der Waals surface area contributed by atoms with Crippen LogP contribution in [-0.4, -0.2) is 27.6 Å². The lowest BCUT2D eigenvalue weighted by atomic mass is 10.1. The number of nitrogens with one attached hydrogen (secondary N) is 1. The quantitative estimate of drug-likeness (QED) is 0.569. The highest BCUT2D eigenvalue weighted by molar-refractivity contribution is 5.97. The van der Waals surface area contributed by atoms with E-state index in [0.29, 0.717) is 30.4 Å². The highest BCUT2D eigenvalue weighted by atomic mass is 19.1. The molecule has 2 aromatic carbocycles. The first-order valence-corrected chi connectivity index (χ1v) is 9.52. The second-order valence-corrected chi connectivity index (χ2v) is 7.42. The predicted molar refractivity (Wildman–Crippen MR) is 106 cm³/mol. The SMILES string of the molecule is Cc1ccc(F)cc1N1CC(c2noc(Cc3c[nH]c4ccccc34)n2)CC1=O. The van der Waals surface area contributed by atoms with Crippen LogP contribution in [0.25, 0.3) is 10.9 Å². The molecule has 146 valence electrons. The summed E-state index contributed by atoms with van der Waals surface area (Å²) in [6, 6.07) is 12.5. The Morgan fingerprint density at radius 3 is 3.03 bits per heavy atom. The molecule has 2 aromatic heterocycles. The number of benzene rings is 2. The number of fused-ring (bicyclic) bond motifs is 1. The van der Waals surface area contributed by atoms with Crippen molar-refractivity contribution >= 4 is 22.5 Å². The van der Waals surface area contributed by atoms with Crippen LogP contribution in [0, 0.1) is 12.7 Å². The van der Waals surface area contributed by atoms with E-state index >= 15 is 0 Å². The molecule has 0 aliphatic carbocycles. The molecule has 1 saturated heterocycles. The van der Waals surface area contributed by atoms with Gasteiger partial charge in [0.1, 0.15) is 5.82 Å². The van der Waals surface area contributed by atoms with Gasteiger partial charge in [0.15, 0.2) is 5.82 Å². The molecule has 3 heterocycles. The molecular formula is C22H19FN4O2. The van der Waals surface area contributed by atoms with Gasteiger partial charge in [0, 0.05) is 41.7 Å². The number of aryl methyl sites for hydroxylation is 1. The smallest absolute Gasteiger partial charge is 0.231 e. The van der Waals surface area contributed by atoms with Gasteiger partial charge in [0.2, 0.25) is 11.8 Å². The van der Waals surface area contributed by atoms with Crippen LogP contribution in [0.15, 0.2) is 53.2 Å². The van der Waals surface area contributed by atoms with Crippen LogP contribution >= 0.6 is 0 Å². The van der Waals surface area contributed by atoms with Crippen LogP contribution in [0.3, 0.4) is 0 Å². The predicted octanol–water partition coefficient (Wildman–Crippen LogP) is 4.11. The zero-order valence-electron chi connectivity index (χ0n) is 15.9. The van der Waals surface area contributed by atoms with Crippen molar-refractivity contribution in [2.45, 2.75) is 25.7 Å². The average molecular weight is 390 g/mol. The van der Waals surface area contributed by atoms with Crippen molar-refractivity contribution in [1.29, 1.82) is 0 Å². The number of carbonyl (C=O) groups is 1. The molecule has 0 radical (unpaired) electrons. The number of rotatable bonds is 4. The van der Waals surface area contributed by atoms with E-state index in [4.69, 9.17) is 4.52 Å². The summed E-state index contributed by atoms with van der Waals surface area (Å²) in [6.07, 6.45) is 2.74. The van der Waals surface area contributed by atoms with Crippen molar-refractivity contribution in [3.8, 4) is 0 Å². The topological polar surface area (TPSA) is 75.0 Å².